The van der Waals surface area contributed by atoms with Crippen molar-refractivity contribution in [2.24, 2.45) is 0 Å². The molecule has 1 amide bonds. The van der Waals surface area contributed by atoms with Gasteiger partial charge in [0.25, 0.3) is 5.91 Å². The van der Waals surface area contributed by atoms with Crippen molar-refractivity contribution in [1.29, 1.82) is 0 Å². The van der Waals surface area contributed by atoms with Gasteiger partial charge in [0, 0.05) is 42.3 Å². The van der Waals surface area contributed by atoms with Gasteiger partial charge in [0.15, 0.2) is 0 Å². The van der Waals surface area contributed by atoms with Crippen molar-refractivity contribution in [2.45, 2.75) is 26.4 Å². The van der Waals surface area contributed by atoms with Crippen molar-refractivity contribution >= 4 is 11.6 Å². The van der Waals surface area contributed by atoms with E-state index < -0.39 is 0 Å². The zero-order valence-electron chi connectivity index (χ0n) is 12.3. The van der Waals surface area contributed by atoms with Crippen molar-refractivity contribution in [1.82, 2.24) is 10.3 Å². The first kappa shape index (κ1) is 13.8. The Morgan fingerprint density at radius 3 is 2.95 bits per heavy atom. The van der Waals surface area contributed by atoms with Gasteiger partial charge in [0.05, 0.1) is 0 Å². The maximum atomic E-state index is 12.9. The zero-order chi connectivity index (χ0) is 14.8. The molecule has 0 radical (unpaired) electrons. The Bertz CT molecular complexity index is 669. The van der Waals surface area contributed by atoms with E-state index in [-0.39, 0.29) is 11.9 Å². The SMILES string of the molecule is Cc1cc(C(=O)N2CC(C)NCc3ccccc32)ccn1. The number of carbonyl (C=O) groups is 1. The standard InChI is InChI=1S/C17H19N3O/c1-12-9-14(7-8-18-12)17(21)20-11-13(2)19-10-15-5-3-4-6-16(15)20/h3-9,13,19H,10-11H2,1-2H3. The van der Waals surface area contributed by atoms with E-state index in [1.807, 2.05) is 36.1 Å². The number of nitrogens with zero attached hydrogens (tertiary/aromatic N) is 2. The number of aryl methyl sites for hydroxylation is 1. The topological polar surface area (TPSA) is 45.2 Å². The molecule has 1 unspecified atom stereocenters. The fraction of sp³-hybridized carbons (Fsp3) is 0.294. The van der Waals surface area contributed by atoms with Gasteiger partial charge in [-0.25, -0.2) is 0 Å². The monoisotopic (exact) mass is 281 g/mol. The molecular weight excluding hydrogens is 262 g/mol. The lowest BCUT2D eigenvalue weighted by Crippen LogP contribution is -2.39. The maximum absolute atomic E-state index is 12.9. The smallest absolute Gasteiger partial charge is 0.258 e. The molecule has 1 atom stereocenters. The molecular formula is C17H19N3O. The molecule has 1 aromatic heterocycles. The summed E-state index contributed by atoms with van der Waals surface area (Å²) in [4.78, 5) is 18.9. The van der Waals surface area contributed by atoms with E-state index in [1.54, 1.807) is 12.3 Å². The molecule has 21 heavy (non-hydrogen) atoms. The first-order chi connectivity index (χ1) is 10.1. The van der Waals surface area contributed by atoms with E-state index in [4.69, 9.17) is 0 Å². The summed E-state index contributed by atoms with van der Waals surface area (Å²) in [6.07, 6.45) is 1.69. The molecule has 2 aromatic rings. The van der Waals surface area contributed by atoms with Gasteiger partial charge in [-0.05, 0) is 37.6 Å². The number of anilines is 1. The minimum Gasteiger partial charge on any atom is -0.308 e. The van der Waals surface area contributed by atoms with Crippen molar-refractivity contribution < 1.29 is 4.79 Å². The molecule has 4 heteroatoms. The van der Waals surface area contributed by atoms with Crippen LogP contribution in [0.4, 0.5) is 5.69 Å². The van der Waals surface area contributed by atoms with E-state index in [1.165, 1.54) is 0 Å². The largest absolute Gasteiger partial charge is 0.308 e. The summed E-state index contributed by atoms with van der Waals surface area (Å²) in [6.45, 7) is 5.45. The second-order valence-corrected chi connectivity index (χ2v) is 5.51. The highest BCUT2D eigenvalue weighted by molar-refractivity contribution is 6.06. The van der Waals surface area contributed by atoms with E-state index in [2.05, 4.69) is 23.3 Å². The lowest BCUT2D eigenvalue weighted by Gasteiger charge is -2.24. The number of nitrogens with one attached hydrogen (secondary N) is 1. The number of para-hydroxylation sites is 1. The van der Waals surface area contributed by atoms with Crippen molar-refractivity contribution in [3.8, 4) is 0 Å². The van der Waals surface area contributed by atoms with Crippen molar-refractivity contribution in [2.75, 3.05) is 11.4 Å². The number of carbonyl (C=O) groups excluding carboxylic acids is 1. The zero-order valence-corrected chi connectivity index (χ0v) is 12.3. The number of aromatic nitrogens is 1. The van der Waals surface area contributed by atoms with Crippen LogP contribution in [-0.4, -0.2) is 23.5 Å². The maximum Gasteiger partial charge on any atom is 0.258 e. The Hall–Kier alpha value is -2.20. The van der Waals surface area contributed by atoms with Crippen LogP contribution in [0.25, 0.3) is 0 Å². The van der Waals surface area contributed by atoms with Gasteiger partial charge in [0.1, 0.15) is 0 Å². The van der Waals surface area contributed by atoms with Crippen molar-refractivity contribution in [3.05, 3.63) is 59.4 Å². The quantitative estimate of drug-likeness (QED) is 0.873. The van der Waals surface area contributed by atoms with Crippen LogP contribution >= 0.6 is 0 Å². The van der Waals surface area contributed by atoms with Gasteiger partial charge in [-0.1, -0.05) is 18.2 Å². The minimum atomic E-state index is 0.0310. The Morgan fingerprint density at radius 2 is 2.14 bits per heavy atom. The molecule has 108 valence electrons. The van der Waals surface area contributed by atoms with Crippen LogP contribution in [0.3, 0.4) is 0 Å². The third-order valence-electron chi connectivity index (χ3n) is 3.77. The number of pyridine rings is 1. The molecule has 0 bridgehead atoms. The molecule has 0 spiro atoms. The normalized spacial score (nSPS) is 18.0. The van der Waals surface area contributed by atoms with E-state index in [9.17, 15) is 4.79 Å². The average Bonchev–Trinajstić information content (AvgIpc) is 2.66. The summed E-state index contributed by atoms with van der Waals surface area (Å²) < 4.78 is 0. The van der Waals surface area contributed by atoms with Gasteiger partial charge in [-0.15, -0.1) is 0 Å². The fourth-order valence-corrected chi connectivity index (χ4v) is 2.67. The molecule has 0 fully saturated rings. The number of fused-ring (bicyclic) bond motifs is 1. The highest BCUT2D eigenvalue weighted by Gasteiger charge is 2.24. The predicted octanol–water partition coefficient (Wildman–Crippen LogP) is 2.53. The number of hydrogen-bond acceptors (Lipinski definition) is 3. The van der Waals surface area contributed by atoms with Gasteiger partial charge in [-0.2, -0.15) is 0 Å². The van der Waals surface area contributed by atoms with Gasteiger partial charge in [0.2, 0.25) is 0 Å². The second kappa shape index (κ2) is 5.66. The predicted molar refractivity (Wildman–Crippen MR) is 83.4 cm³/mol. The molecule has 1 aromatic carbocycles. The van der Waals surface area contributed by atoms with E-state index in [0.29, 0.717) is 12.1 Å². The van der Waals surface area contributed by atoms with E-state index >= 15 is 0 Å². The number of amides is 1. The van der Waals surface area contributed by atoms with Crippen LogP contribution in [0.5, 0.6) is 0 Å². The highest BCUT2D eigenvalue weighted by Crippen LogP contribution is 2.25. The van der Waals surface area contributed by atoms with Gasteiger partial charge in [-0.3, -0.25) is 9.78 Å². The number of hydrogen-bond donors (Lipinski definition) is 1. The summed E-state index contributed by atoms with van der Waals surface area (Å²) in [6, 6.07) is 11.9. The Kier molecular flexibility index (Phi) is 3.71. The van der Waals surface area contributed by atoms with Gasteiger partial charge < -0.3 is 10.2 Å². The van der Waals surface area contributed by atoms with Crippen LogP contribution < -0.4 is 10.2 Å². The molecule has 0 aliphatic carbocycles. The number of benzene rings is 1. The molecule has 3 rings (SSSR count). The molecule has 1 aliphatic rings. The lowest BCUT2D eigenvalue weighted by molar-refractivity contribution is 0.0985. The molecule has 0 saturated carbocycles. The average molecular weight is 281 g/mol. The Morgan fingerprint density at radius 1 is 1.33 bits per heavy atom. The van der Waals surface area contributed by atoms with Gasteiger partial charge >= 0.3 is 0 Å². The summed E-state index contributed by atoms with van der Waals surface area (Å²) >= 11 is 0. The third kappa shape index (κ3) is 2.81. The summed E-state index contributed by atoms with van der Waals surface area (Å²) in [7, 11) is 0. The Labute approximate surface area is 124 Å². The van der Waals surface area contributed by atoms with Crippen LogP contribution in [0.1, 0.15) is 28.5 Å². The molecule has 2 heterocycles. The van der Waals surface area contributed by atoms with E-state index in [0.717, 1.165) is 23.5 Å². The third-order valence-corrected chi connectivity index (χ3v) is 3.77. The van der Waals surface area contributed by atoms with Crippen LogP contribution in [0.2, 0.25) is 0 Å². The first-order valence-corrected chi connectivity index (χ1v) is 7.21. The summed E-state index contributed by atoms with van der Waals surface area (Å²) in [5, 5.41) is 3.44. The second-order valence-electron chi connectivity index (χ2n) is 5.51. The highest BCUT2D eigenvalue weighted by atomic mass is 16.2. The fourth-order valence-electron chi connectivity index (χ4n) is 2.67. The Balaban J connectivity index is 2.01. The van der Waals surface area contributed by atoms with Crippen LogP contribution in [0, 0.1) is 6.92 Å². The number of rotatable bonds is 1. The first-order valence-electron chi connectivity index (χ1n) is 7.21. The van der Waals surface area contributed by atoms with Crippen LogP contribution in [0.15, 0.2) is 42.6 Å². The van der Waals surface area contributed by atoms with Crippen molar-refractivity contribution in [3.63, 3.8) is 0 Å². The summed E-state index contributed by atoms with van der Waals surface area (Å²) in [5.74, 6) is 0.0310. The summed E-state index contributed by atoms with van der Waals surface area (Å²) in [5.41, 5.74) is 3.69. The molecule has 1 N–H and O–H groups in total. The molecule has 1 aliphatic heterocycles. The molecule has 4 nitrogen and oxygen atoms in total. The minimum absolute atomic E-state index is 0.0310. The lowest BCUT2D eigenvalue weighted by atomic mass is 10.1. The van der Waals surface area contributed by atoms with Crippen LogP contribution in [-0.2, 0) is 6.54 Å². The molecule has 0 saturated heterocycles.